The van der Waals surface area contributed by atoms with Gasteiger partial charge >= 0.3 is 39.5 Å². The first-order chi connectivity index (χ1) is 49.3. The van der Waals surface area contributed by atoms with Crippen LogP contribution >= 0.6 is 15.6 Å². The maximum Gasteiger partial charge on any atom is 0.472 e. The lowest BCUT2D eigenvalue weighted by molar-refractivity contribution is -0.161. The fraction of sp³-hybridized carbons (Fsp3) is 0.952. The van der Waals surface area contributed by atoms with Gasteiger partial charge in [0.25, 0.3) is 0 Å². The van der Waals surface area contributed by atoms with E-state index >= 15 is 0 Å². The molecular formula is C83H162O17P2. The molecule has 17 nitrogen and oxygen atoms in total. The molecule has 0 rings (SSSR count). The summed E-state index contributed by atoms with van der Waals surface area (Å²) in [5, 5.41) is 10.6. The summed E-state index contributed by atoms with van der Waals surface area (Å²) < 4.78 is 68.6. The SMILES string of the molecule is CCCCCCCCCCCC(=O)OC[C@H](COP(=O)(O)OC[C@H](O)COP(=O)(O)OC[C@@H](COC(=O)CCCCCCCCCCCCCCCCCCCCC(C)CC)OC(=O)CCCCCCCCCCCCCCCCCCCCC(C)CC)OC(=O)CCCCCCCCC(C)C. The third kappa shape index (κ3) is 73.6. The Morgan fingerprint density at radius 3 is 0.745 bits per heavy atom. The van der Waals surface area contributed by atoms with Crippen LogP contribution in [0.5, 0.6) is 0 Å². The molecule has 0 aliphatic rings. The Labute approximate surface area is 626 Å². The van der Waals surface area contributed by atoms with E-state index in [-0.39, 0.29) is 25.7 Å². The van der Waals surface area contributed by atoms with Crippen LogP contribution < -0.4 is 0 Å². The standard InChI is InChI=1S/C83H162O17P2/c1-8-11-12-13-14-35-42-50-57-64-80(85)93-71-79(100-83(88)67-60-53-46-45-47-54-61-74(4)5)73-98-102(91,92)96-69-77(84)68-95-101(89,90)97-72-78(99-82(87)66-59-52-44-39-34-30-26-22-18-16-20-24-28-32-37-41-49-56-63-76(7)10-3)70-94-81(86)65-58-51-43-38-33-29-25-21-17-15-19-23-27-31-36-40-48-55-62-75(6)9-2/h74-79,84H,8-73H2,1-7H3,(H,89,90)(H,91,92)/t75?,76?,77-,78-,79-/m1/s1. The quantitative estimate of drug-likeness (QED) is 0.0222. The third-order valence-electron chi connectivity index (χ3n) is 20.1. The molecule has 0 spiro atoms. The molecule has 0 bridgehead atoms. The van der Waals surface area contributed by atoms with Gasteiger partial charge in [-0.05, 0) is 43.4 Å². The summed E-state index contributed by atoms with van der Waals surface area (Å²) in [6.45, 7) is 12.0. The van der Waals surface area contributed by atoms with Crippen LogP contribution in [0.2, 0.25) is 0 Å². The number of carbonyl (C=O) groups is 4. The molecule has 19 heteroatoms. The van der Waals surface area contributed by atoms with Gasteiger partial charge in [-0.15, -0.1) is 0 Å². The zero-order valence-electron chi connectivity index (χ0n) is 67.1. The predicted molar refractivity (Wildman–Crippen MR) is 418 cm³/mol. The summed E-state index contributed by atoms with van der Waals surface area (Å²) in [4.78, 5) is 72.9. The molecule has 0 radical (unpaired) electrons. The van der Waals surface area contributed by atoms with Crippen LogP contribution in [0.25, 0.3) is 0 Å². The van der Waals surface area contributed by atoms with Crippen LogP contribution in [0.3, 0.4) is 0 Å². The zero-order valence-corrected chi connectivity index (χ0v) is 68.9. The molecule has 0 saturated heterocycles. The van der Waals surface area contributed by atoms with Gasteiger partial charge in [-0.3, -0.25) is 37.3 Å². The molecule has 0 aromatic carbocycles. The van der Waals surface area contributed by atoms with Crippen molar-refractivity contribution in [2.45, 2.75) is 452 Å². The van der Waals surface area contributed by atoms with Crippen molar-refractivity contribution in [1.82, 2.24) is 0 Å². The zero-order chi connectivity index (χ0) is 75.1. The highest BCUT2D eigenvalue weighted by Gasteiger charge is 2.30. The van der Waals surface area contributed by atoms with Crippen LogP contribution in [-0.2, 0) is 65.4 Å². The second-order valence-electron chi connectivity index (χ2n) is 30.8. The topological polar surface area (TPSA) is 237 Å². The van der Waals surface area contributed by atoms with Gasteiger partial charge in [0.2, 0.25) is 0 Å². The summed E-state index contributed by atoms with van der Waals surface area (Å²) in [5.41, 5.74) is 0. The molecule has 0 heterocycles. The van der Waals surface area contributed by atoms with E-state index < -0.39 is 97.5 Å². The van der Waals surface area contributed by atoms with E-state index in [1.54, 1.807) is 0 Å². The van der Waals surface area contributed by atoms with E-state index in [1.165, 1.54) is 244 Å². The third-order valence-corrected chi connectivity index (χ3v) is 22.0. The Hall–Kier alpha value is -1.94. The molecule has 102 heavy (non-hydrogen) atoms. The molecule has 0 amide bonds. The Kier molecular flexibility index (Phi) is 71.8. The van der Waals surface area contributed by atoms with Gasteiger partial charge in [-0.25, -0.2) is 9.13 Å². The molecule has 3 N–H and O–H groups in total. The number of hydrogen-bond donors (Lipinski definition) is 3. The van der Waals surface area contributed by atoms with Gasteiger partial charge in [0.15, 0.2) is 12.2 Å². The van der Waals surface area contributed by atoms with Gasteiger partial charge in [0.05, 0.1) is 26.4 Å². The maximum atomic E-state index is 13.1. The van der Waals surface area contributed by atoms with Gasteiger partial charge in [-0.2, -0.15) is 0 Å². The summed E-state index contributed by atoms with van der Waals surface area (Å²) in [5.74, 6) is 0.298. The Balaban J connectivity index is 5.14. The van der Waals surface area contributed by atoms with E-state index in [2.05, 4.69) is 48.5 Å². The van der Waals surface area contributed by atoms with Crippen molar-refractivity contribution in [3.05, 3.63) is 0 Å². The van der Waals surface area contributed by atoms with E-state index in [4.69, 9.17) is 37.0 Å². The van der Waals surface area contributed by atoms with Gasteiger partial charge in [-0.1, -0.05) is 382 Å². The van der Waals surface area contributed by atoms with Crippen molar-refractivity contribution < 1.29 is 80.2 Å². The van der Waals surface area contributed by atoms with Crippen molar-refractivity contribution in [3.8, 4) is 0 Å². The van der Waals surface area contributed by atoms with Crippen LogP contribution in [0.15, 0.2) is 0 Å². The number of phosphoric acid groups is 2. The molecular weight excluding hydrogens is 1330 g/mol. The molecule has 0 aliphatic heterocycles. The minimum atomic E-state index is -4.96. The van der Waals surface area contributed by atoms with Crippen LogP contribution in [0, 0.1) is 17.8 Å². The largest absolute Gasteiger partial charge is 0.472 e. The molecule has 4 unspecified atom stereocenters. The number of phosphoric ester groups is 2. The first-order valence-electron chi connectivity index (χ1n) is 42.9. The van der Waals surface area contributed by atoms with Crippen molar-refractivity contribution in [1.29, 1.82) is 0 Å². The number of hydrogen-bond acceptors (Lipinski definition) is 15. The van der Waals surface area contributed by atoms with Crippen molar-refractivity contribution >= 4 is 39.5 Å². The Morgan fingerprint density at radius 2 is 0.500 bits per heavy atom. The first kappa shape index (κ1) is 100. The normalized spacial score (nSPS) is 14.5. The number of rotatable bonds is 81. The molecule has 606 valence electrons. The fourth-order valence-corrected chi connectivity index (χ4v) is 14.4. The number of carbonyl (C=O) groups excluding carboxylic acids is 4. The van der Waals surface area contributed by atoms with Gasteiger partial charge < -0.3 is 33.8 Å². The van der Waals surface area contributed by atoms with Crippen molar-refractivity contribution in [2.75, 3.05) is 39.6 Å². The summed E-state index contributed by atoms with van der Waals surface area (Å²) in [7, 11) is -9.92. The maximum absolute atomic E-state index is 13.1. The van der Waals surface area contributed by atoms with E-state index in [9.17, 15) is 43.2 Å². The van der Waals surface area contributed by atoms with Crippen molar-refractivity contribution in [3.63, 3.8) is 0 Å². The lowest BCUT2D eigenvalue weighted by Gasteiger charge is -2.21. The highest BCUT2D eigenvalue weighted by atomic mass is 31.2. The average Bonchev–Trinajstić information content (AvgIpc) is 0.916. The smallest absolute Gasteiger partial charge is 0.462 e. The number of ether oxygens (including phenoxy) is 4. The molecule has 7 atom stereocenters. The van der Waals surface area contributed by atoms with Crippen LogP contribution in [0.4, 0.5) is 0 Å². The lowest BCUT2D eigenvalue weighted by atomic mass is 9.99. The number of unbranched alkanes of at least 4 members (excludes halogenated alkanes) is 47. The Morgan fingerprint density at radius 1 is 0.284 bits per heavy atom. The average molecular weight is 1490 g/mol. The minimum absolute atomic E-state index is 0.102. The Bertz CT molecular complexity index is 1980. The van der Waals surface area contributed by atoms with Gasteiger partial charge in [0, 0.05) is 25.7 Å². The van der Waals surface area contributed by atoms with Gasteiger partial charge in [0.1, 0.15) is 19.3 Å². The molecule has 0 aromatic rings. The lowest BCUT2D eigenvalue weighted by Crippen LogP contribution is -2.30. The predicted octanol–water partition coefficient (Wildman–Crippen LogP) is 24.9. The highest BCUT2D eigenvalue weighted by Crippen LogP contribution is 2.45. The second-order valence-corrected chi connectivity index (χ2v) is 33.7. The first-order valence-corrected chi connectivity index (χ1v) is 45.9. The highest BCUT2D eigenvalue weighted by molar-refractivity contribution is 7.47. The fourth-order valence-electron chi connectivity index (χ4n) is 12.8. The minimum Gasteiger partial charge on any atom is -0.462 e. The molecule has 0 aromatic heterocycles. The van der Waals surface area contributed by atoms with E-state index in [1.807, 2.05) is 0 Å². The summed E-state index contributed by atoms with van der Waals surface area (Å²) >= 11 is 0. The summed E-state index contributed by atoms with van der Waals surface area (Å²) in [6, 6.07) is 0. The monoisotopic (exact) mass is 1490 g/mol. The van der Waals surface area contributed by atoms with Crippen LogP contribution in [-0.4, -0.2) is 96.7 Å². The summed E-state index contributed by atoms with van der Waals surface area (Å²) in [6.07, 6.45) is 62.8. The van der Waals surface area contributed by atoms with Crippen LogP contribution in [0.1, 0.15) is 434 Å². The molecule has 0 fully saturated rings. The number of aliphatic hydroxyl groups is 1. The number of aliphatic hydroxyl groups excluding tert-OH is 1. The molecule has 0 saturated carbocycles. The van der Waals surface area contributed by atoms with E-state index in [0.717, 1.165) is 102 Å². The second kappa shape index (κ2) is 73.2. The number of esters is 4. The van der Waals surface area contributed by atoms with Crippen molar-refractivity contribution in [2.24, 2.45) is 17.8 Å². The molecule has 0 aliphatic carbocycles. The van der Waals surface area contributed by atoms with E-state index in [0.29, 0.717) is 31.6 Å².